The van der Waals surface area contributed by atoms with E-state index in [1.165, 1.54) is 50.2 Å². The predicted molar refractivity (Wildman–Crippen MR) is 86.9 cm³/mol. The summed E-state index contributed by atoms with van der Waals surface area (Å²) in [7, 11) is 0. The molecule has 0 radical (unpaired) electrons. The van der Waals surface area contributed by atoms with Crippen LogP contribution in [-0.4, -0.2) is 33.7 Å². The molecule has 0 heterocycles. The van der Waals surface area contributed by atoms with Gasteiger partial charge in [-0.3, -0.25) is 9.59 Å². The first-order valence-corrected chi connectivity index (χ1v) is 7.15. The Labute approximate surface area is 142 Å². The number of carbonyl (C=O) groups excluding carboxylic acids is 2. The molecule has 0 aromatic heterocycles. The maximum atomic E-state index is 11.6. The van der Waals surface area contributed by atoms with Crippen molar-refractivity contribution >= 4 is 23.5 Å². The van der Waals surface area contributed by atoms with Crippen molar-refractivity contribution < 1.29 is 34.1 Å². The molecule has 0 unspecified atom stereocenters. The number of ether oxygens (including phenoxy) is 1. The second-order valence-corrected chi connectivity index (χ2v) is 5.24. The number of rotatable bonds is 6. The Morgan fingerprint density at radius 3 is 1.32 bits per heavy atom. The minimum absolute atomic E-state index is 0.0149. The quantitative estimate of drug-likeness (QED) is 0.773. The molecule has 2 N–H and O–H groups in total. The fraction of sp³-hybridized carbons (Fsp3) is 0.111. The summed E-state index contributed by atoms with van der Waals surface area (Å²) in [6, 6.07) is 7.79. The molecule has 128 valence electrons. The second kappa shape index (κ2) is 6.96. The SMILES string of the molecule is CC(=O)c1cc(Oc2ccc(C(=O)O)c(C(C)=O)c2)ccc1C(=O)O. The van der Waals surface area contributed by atoms with Crippen LogP contribution in [0.15, 0.2) is 36.4 Å². The summed E-state index contributed by atoms with van der Waals surface area (Å²) in [5.41, 5.74) is -0.325. The molecule has 0 spiro atoms. The summed E-state index contributed by atoms with van der Waals surface area (Å²) in [6.07, 6.45) is 0. The van der Waals surface area contributed by atoms with Gasteiger partial charge in [0.2, 0.25) is 0 Å². The van der Waals surface area contributed by atoms with Crippen LogP contribution in [0, 0.1) is 0 Å². The zero-order chi connectivity index (χ0) is 18.7. The van der Waals surface area contributed by atoms with Gasteiger partial charge in [0.05, 0.1) is 11.1 Å². The molecule has 2 aromatic rings. The Bertz CT molecular complexity index is 823. The average Bonchev–Trinajstić information content (AvgIpc) is 2.54. The highest BCUT2D eigenvalue weighted by Gasteiger charge is 2.17. The van der Waals surface area contributed by atoms with E-state index in [0.29, 0.717) is 0 Å². The van der Waals surface area contributed by atoms with Gasteiger partial charge >= 0.3 is 11.9 Å². The Balaban J connectivity index is 2.43. The number of carboxylic acids is 2. The Kier molecular flexibility index (Phi) is 4.97. The lowest BCUT2D eigenvalue weighted by atomic mass is 10.0. The Morgan fingerprint density at radius 2 is 1.04 bits per heavy atom. The van der Waals surface area contributed by atoms with Gasteiger partial charge in [0.25, 0.3) is 0 Å². The smallest absolute Gasteiger partial charge is 0.336 e. The van der Waals surface area contributed by atoms with E-state index < -0.39 is 23.5 Å². The van der Waals surface area contributed by atoms with Crippen LogP contribution in [0.3, 0.4) is 0 Å². The Hall–Kier alpha value is -3.48. The van der Waals surface area contributed by atoms with E-state index in [-0.39, 0.29) is 33.8 Å². The van der Waals surface area contributed by atoms with Gasteiger partial charge in [-0.25, -0.2) is 9.59 Å². The van der Waals surface area contributed by atoms with Crippen LogP contribution in [0.25, 0.3) is 0 Å². The third-order valence-electron chi connectivity index (χ3n) is 3.44. The van der Waals surface area contributed by atoms with Crippen LogP contribution < -0.4 is 4.74 Å². The van der Waals surface area contributed by atoms with Crippen molar-refractivity contribution in [2.75, 3.05) is 0 Å². The lowest BCUT2D eigenvalue weighted by molar-refractivity contribution is 0.0683. The van der Waals surface area contributed by atoms with Crippen LogP contribution >= 0.6 is 0 Å². The molecular weight excluding hydrogens is 328 g/mol. The van der Waals surface area contributed by atoms with E-state index in [0.717, 1.165) is 0 Å². The highest BCUT2D eigenvalue weighted by atomic mass is 16.5. The number of hydrogen-bond acceptors (Lipinski definition) is 5. The maximum absolute atomic E-state index is 11.6. The van der Waals surface area contributed by atoms with E-state index in [2.05, 4.69) is 0 Å². The first kappa shape index (κ1) is 17.9. The van der Waals surface area contributed by atoms with Crippen molar-refractivity contribution in [3.8, 4) is 11.5 Å². The number of Topliss-reactive ketones (excluding diaryl/α,β-unsaturated/α-hetero) is 2. The number of carboxylic acid groups (broad SMARTS) is 2. The fourth-order valence-electron chi connectivity index (χ4n) is 2.27. The summed E-state index contributed by atoms with van der Waals surface area (Å²) in [5, 5.41) is 18.2. The molecule has 0 aliphatic heterocycles. The number of carbonyl (C=O) groups is 4. The highest BCUT2D eigenvalue weighted by Crippen LogP contribution is 2.27. The lowest BCUT2D eigenvalue weighted by Crippen LogP contribution is -2.07. The van der Waals surface area contributed by atoms with E-state index in [9.17, 15) is 19.2 Å². The van der Waals surface area contributed by atoms with Crippen LogP contribution in [0.5, 0.6) is 11.5 Å². The summed E-state index contributed by atoms with van der Waals surface area (Å²) < 4.78 is 5.54. The van der Waals surface area contributed by atoms with E-state index in [1.54, 1.807) is 0 Å². The van der Waals surface area contributed by atoms with E-state index in [4.69, 9.17) is 14.9 Å². The van der Waals surface area contributed by atoms with Crippen LogP contribution in [0.2, 0.25) is 0 Å². The zero-order valence-corrected chi connectivity index (χ0v) is 13.4. The zero-order valence-electron chi connectivity index (χ0n) is 13.4. The minimum Gasteiger partial charge on any atom is -0.478 e. The van der Waals surface area contributed by atoms with Gasteiger partial charge in [-0.05, 0) is 50.2 Å². The molecule has 25 heavy (non-hydrogen) atoms. The summed E-state index contributed by atoms with van der Waals surface area (Å²) in [4.78, 5) is 45.5. The summed E-state index contributed by atoms with van der Waals surface area (Å²) >= 11 is 0. The molecule has 0 aliphatic rings. The third-order valence-corrected chi connectivity index (χ3v) is 3.44. The van der Waals surface area contributed by atoms with E-state index in [1.807, 2.05) is 0 Å². The third kappa shape index (κ3) is 3.89. The summed E-state index contributed by atoms with van der Waals surface area (Å²) in [5.74, 6) is -2.97. The normalized spacial score (nSPS) is 10.2. The molecule has 0 bridgehead atoms. The molecular formula is C18H14O7. The topological polar surface area (TPSA) is 118 Å². The maximum Gasteiger partial charge on any atom is 0.336 e. The highest BCUT2D eigenvalue weighted by molar-refractivity contribution is 6.06. The van der Waals surface area contributed by atoms with Crippen molar-refractivity contribution in [2.45, 2.75) is 13.8 Å². The standard InChI is InChI=1S/C18H14O7/c1-9(19)15-7-11(3-5-13(15)17(21)22)25-12-4-6-14(18(23)24)16(8-12)10(2)20/h3-8H,1-2H3,(H,21,22)(H,23,24). The largest absolute Gasteiger partial charge is 0.478 e. The molecule has 2 rings (SSSR count). The van der Waals surface area contributed by atoms with Gasteiger partial charge in [0.1, 0.15) is 11.5 Å². The number of ketones is 2. The molecule has 0 atom stereocenters. The molecule has 0 aliphatic carbocycles. The molecule has 7 heteroatoms. The van der Waals surface area contributed by atoms with Crippen LogP contribution in [-0.2, 0) is 0 Å². The monoisotopic (exact) mass is 342 g/mol. The van der Waals surface area contributed by atoms with Crippen molar-refractivity contribution in [1.82, 2.24) is 0 Å². The number of benzene rings is 2. The fourth-order valence-corrected chi connectivity index (χ4v) is 2.27. The van der Waals surface area contributed by atoms with Gasteiger partial charge in [0, 0.05) is 11.1 Å². The van der Waals surface area contributed by atoms with Gasteiger partial charge in [-0.1, -0.05) is 0 Å². The average molecular weight is 342 g/mol. The van der Waals surface area contributed by atoms with Crippen molar-refractivity contribution in [3.05, 3.63) is 58.7 Å². The molecule has 0 amide bonds. The first-order chi connectivity index (χ1) is 11.7. The molecule has 7 nitrogen and oxygen atoms in total. The molecule has 2 aromatic carbocycles. The molecule has 0 fully saturated rings. The van der Waals surface area contributed by atoms with Crippen molar-refractivity contribution in [1.29, 1.82) is 0 Å². The van der Waals surface area contributed by atoms with Gasteiger partial charge < -0.3 is 14.9 Å². The number of hydrogen-bond donors (Lipinski definition) is 2. The first-order valence-electron chi connectivity index (χ1n) is 7.15. The lowest BCUT2D eigenvalue weighted by Gasteiger charge is -2.10. The van der Waals surface area contributed by atoms with Crippen molar-refractivity contribution in [2.24, 2.45) is 0 Å². The second-order valence-electron chi connectivity index (χ2n) is 5.24. The van der Waals surface area contributed by atoms with Gasteiger partial charge in [0.15, 0.2) is 11.6 Å². The minimum atomic E-state index is -1.23. The van der Waals surface area contributed by atoms with Crippen LogP contribution in [0.1, 0.15) is 55.3 Å². The summed E-state index contributed by atoms with van der Waals surface area (Å²) in [6.45, 7) is 2.47. The van der Waals surface area contributed by atoms with Crippen LogP contribution in [0.4, 0.5) is 0 Å². The molecule has 0 saturated carbocycles. The van der Waals surface area contributed by atoms with Gasteiger partial charge in [-0.2, -0.15) is 0 Å². The van der Waals surface area contributed by atoms with Crippen molar-refractivity contribution in [3.63, 3.8) is 0 Å². The van der Waals surface area contributed by atoms with Gasteiger partial charge in [-0.15, -0.1) is 0 Å². The molecule has 0 saturated heterocycles. The Morgan fingerprint density at radius 1 is 0.680 bits per heavy atom. The number of aromatic carboxylic acids is 2. The van der Waals surface area contributed by atoms with E-state index >= 15 is 0 Å². The predicted octanol–water partition coefficient (Wildman–Crippen LogP) is 3.28.